The number of fused-ring (bicyclic) bond motifs is 2. The summed E-state index contributed by atoms with van der Waals surface area (Å²) < 4.78 is 11.4. The molecule has 4 nitrogen and oxygen atoms in total. The van der Waals surface area contributed by atoms with Crippen LogP contribution < -0.4 is 14.8 Å². The molecule has 0 fully saturated rings. The number of carbonyl (C=O) groups is 1. The Morgan fingerprint density at radius 1 is 1.04 bits per heavy atom. The van der Waals surface area contributed by atoms with E-state index in [1.807, 2.05) is 32.0 Å². The number of aryl methyl sites for hydroxylation is 2. The van der Waals surface area contributed by atoms with E-state index in [4.69, 9.17) is 9.47 Å². The van der Waals surface area contributed by atoms with Crippen molar-refractivity contribution in [2.24, 2.45) is 0 Å². The predicted octanol–water partition coefficient (Wildman–Crippen LogP) is 3.43. The molecule has 118 valence electrons. The Hall–Kier alpha value is -2.49. The second kappa shape index (κ2) is 5.30. The average molecular weight is 309 g/mol. The number of nitrogens with one attached hydrogen (secondary N) is 1. The van der Waals surface area contributed by atoms with Crippen LogP contribution in [0.1, 0.15) is 32.6 Å². The minimum absolute atomic E-state index is 0.105. The molecule has 23 heavy (non-hydrogen) atoms. The Bertz CT molecular complexity index is 778. The lowest BCUT2D eigenvalue weighted by Gasteiger charge is -2.14. The minimum Gasteiger partial charge on any atom is -0.493 e. The SMILES string of the molecule is Cc1ccc(C(=O)Nc2c3c(cc4c2OCC4)OCC3)cc1C. The summed E-state index contributed by atoms with van der Waals surface area (Å²) in [6.45, 7) is 5.37. The van der Waals surface area contributed by atoms with Crippen molar-refractivity contribution in [2.75, 3.05) is 18.5 Å². The summed E-state index contributed by atoms with van der Waals surface area (Å²) in [4.78, 5) is 12.7. The molecule has 2 aliphatic heterocycles. The maximum Gasteiger partial charge on any atom is 0.255 e. The highest BCUT2D eigenvalue weighted by molar-refractivity contribution is 6.06. The standard InChI is InChI=1S/C19H19NO3/c1-11-3-4-14(9-12(11)2)19(21)20-17-15-6-8-22-16(15)10-13-5-7-23-18(13)17/h3-4,9-10H,5-8H2,1-2H3,(H,20,21). The van der Waals surface area contributed by atoms with Gasteiger partial charge in [-0.05, 0) is 43.2 Å². The van der Waals surface area contributed by atoms with Gasteiger partial charge < -0.3 is 14.8 Å². The topological polar surface area (TPSA) is 47.6 Å². The number of carbonyl (C=O) groups excluding carboxylic acids is 1. The van der Waals surface area contributed by atoms with E-state index < -0.39 is 0 Å². The van der Waals surface area contributed by atoms with E-state index in [0.29, 0.717) is 18.8 Å². The third-order valence-corrected chi connectivity index (χ3v) is 4.66. The molecule has 0 unspecified atom stereocenters. The zero-order valence-corrected chi connectivity index (χ0v) is 13.4. The molecule has 0 bridgehead atoms. The molecule has 0 spiro atoms. The summed E-state index contributed by atoms with van der Waals surface area (Å²) >= 11 is 0. The summed E-state index contributed by atoms with van der Waals surface area (Å²) in [7, 11) is 0. The Balaban J connectivity index is 1.71. The summed E-state index contributed by atoms with van der Waals surface area (Å²) in [6.07, 6.45) is 1.66. The molecule has 0 radical (unpaired) electrons. The van der Waals surface area contributed by atoms with Gasteiger partial charge in [0.25, 0.3) is 5.91 Å². The fraction of sp³-hybridized carbons (Fsp3) is 0.316. The zero-order chi connectivity index (χ0) is 16.0. The molecule has 4 rings (SSSR count). The first kappa shape index (κ1) is 14.1. The van der Waals surface area contributed by atoms with Crippen LogP contribution in [-0.4, -0.2) is 19.1 Å². The smallest absolute Gasteiger partial charge is 0.255 e. The van der Waals surface area contributed by atoms with Crippen molar-refractivity contribution in [1.29, 1.82) is 0 Å². The molecule has 0 saturated heterocycles. The van der Waals surface area contributed by atoms with Crippen LogP contribution in [0.25, 0.3) is 0 Å². The third kappa shape index (κ3) is 2.34. The Morgan fingerprint density at radius 2 is 1.87 bits per heavy atom. The van der Waals surface area contributed by atoms with Gasteiger partial charge >= 0.3 is 0 Å². The van der Waals surface area contributed by atoms with E-state index in [1.165, 1.54) is 5.56 Å². The van der Waals surface area contributed by atoms with Crippen LogP contribution in [0.2, 0.25) is 0 Å². The monoisotopic (exact) mass is 309 g/mol. The molecule has 2 aromatic rings. The maximum absolute atomic E-state index is 12.7. The van der Waals surface area contributed by atoms with Crippen LogP contribution in [0.4, 0.5) is 5.69 Å². The molecule has 0 saturated carbocycles. The van der Waals surface area contributed by atoms with Crippen LogP contribution in [-0.2, 0) is 12.8 Å². The lowest BCUT2D eigenvalue weighted by molar-refractivity contribution is 0.102. The molecular weight excluding hydrogens is 290 g/mol. The number of hydrogen-bond acceptors (Lipinski definition) is 3. The molecule has 2 heterocycles. The molecule has 2 aliphatic rings. The minimum atomic E-state index is -0.105. The number of hydrogen-bond donors (Lipinski definition) is 1. The Kier molecular flexibility index (Phi) is 3.26. The molecule has 0 aromatic heterocycles. The van der Waals surface area contributed by atoms with Crippen molar-refractivity contribution < 1.29 is 14.3 Å². The highest BCUT2D eigenvalue weighted by atomic mass is 16.5. The highest BCUT2D eigenvalue weighted by Crippen LogP contribution is 2.44. The summed E-state index contributed by atoms with van der Waals surface area (Å²) in [6, 6.07) is 7.81. The number of amides is 1. The van der Waals surface area contributed by atoms with Crippen molar-refractivity contribution in [2.45, 2.75) is 26.7 Å². The molecule has 2 aromatic carbocycles. The Labute approximate surface area is 135 Å². The van der Waals surface area contributed by atoms with Crippen LogP contribution >= 0.6 is 0 Å². The van der Waals surface area contributed by atoms with Gasteiger partial charge in [0, 0.05) is 29.5 Å². The van der Waals surface area contributed by atoms with Gasteiger partial charge in [-0.25, -0.2) is 0 Å². The molecular formula is C19H19NO3. The highest BCUT2D eigenvalue weighted by Gasteiger charge is 2.27. The second-order valence-electron chi connectivity index (χ2n) is 6.17. The quantitative estimate of drug-likeness (QED) is 0.924. The zero-order valence-electron chi connectivity index (χ0n) is 13.4. The van der Waals surface area contributed by atoms with Crippen molar-refractivity contribution in [3.8, 4) is 11.5 Å². The first-order valence-corrected chi connectivity index (χ1v) is 7.96. The number of rotatable bonds is 2. The van der Waals surface area contributed by atoms with Crippen LogP contribution in [0, 0.1) is 13.8 Å². The lowest BCUT2D eigenvalue weighted by atomic mass is 10.0. The van der Waals surface area contributed by atoms with Gasteiger partial charge in [-0.15, -0.1) is 0 Å². The summed E-state index contributed by atoms with van der Waals surface area (Å²) in [5.41, 5.74) is 5.90. The van der Waals surface area contributed by atoms with E-state index in [2.05, 4.69) is 11.4 Å². The number of ether oxygens (including phenoxy) is 2. The largest absolute Gasteiger partial charge is 0.493 e. The first-order valence-electron chi connectivity index (χ1n) is 7.96. The van der Waals surface area contributed by atoms with Crippen LogP contribution in [0.5, 0.6) is 11.5 Å². The number of benzene rings is 2. The van der Waals surface area contributed by atoms with Gasteiger partial charge in [-0.3, -0.25) is 4.79 Å². The molecule has 0 atom stereocenters. The molecule has 1 N–H and O–H groups in total. The maximum atomic E-state index is 12.7. The Morgan fingerprint density at radius 3 is 2.70 bits per heavy atom. The van der Waals surface area contributed by atoms with E-state index in [0.717, 1.165) is 46.7 Å². The fourth-order valence-corrected chi connectivity index (χ4v) is 3.19. The van der Waals surface area contributed by atoms with Crippen molar-refractivity contribution in [3.05, 3.63) is 52.1 Å². The molecule has 1 amide bonds. The summed E-state index contributed by atoms with van der Waals surface area (Å²) in [5.74, 6) is 1.59. The number of anilines is 1. The van der Waals surface area contributed by atoms with Gasteiger partial charge in [0.15, 0.2) is 0 Å². The van der Waals surface area contributed by atoms with E-state index in [-0.39, 0.29) is 5.91 Å². The predicted molar refractivity (Wildman–Crippen MR) is 88.7 cm³/mol. The van der Waals surface area contributed by atoms with Crippen molar-refractivity contribution >= 4 is 11.6 Å². The average Bonchev–Trinajstić information content (AvgIpc) is 3.18. The van der Waals surface area contributed by atoms with Gasteiger partial charge in [0.05, 0.1) is 18.9 Å². The first-order chi connectivity index (χ1) is 11.1. The second-order valence-corrected chi connectivity index (χ2v) is 6.17. The van der Waals surface area contributed by atoms with E-state index in [9.17, 15) is 4.79 Å². The summed E-state index contributed by atoms with van der Waals surface area (Å²) in [5, 5.41) is 3.06. The lowest BCUT2D eigenvalue weighted by Crippen LogP contribution is -2.14. The van der Waals surface area contributed by atoms with Crippen molar-refractivity contribution in [3.63, 3.8) is 0 Å². The van der Waals surface area contributed by atoms with Gasteiger partial charge in [0.1, 0.15) is 11.5 Å². The fourth-order valence-electron chi connectivity index (χ4n) is 3.19. The van der Waals surface area contributed by atoms with E-state index >= 15 is 0 Å². The van der Waals surface area contributed by atoms with Gasteiger partial charge in [0.2, 0.25) is 0 Å². The van der Waals surface area contributed by atoms with Crippen molar-refractivity contribution in [1.82, 2.24) is 0 Å². The molecule has 0 aliphatic carbocycles. The molecule has 4 heteroatoms. The van der Waals surface area contributed by atoms with Gasteiger partial charge in [-0.2, -0.15) is 0 Å². The van der Waals surface area contributed by atoms with Crippen LogP contribution in [0.3, 0.4) is 0 Å². The van der Waals surface area contributed by atoms with Crippen LogP contribution in [0.15, 0.2) is 24.3 Å². The third-order valence-electron chi connectivity index (χ3n) is 4.66. The van der Waals surface area contributed by atoms with E-state index in [1.54, 1.807) is 0 Å². The normalized spacial score (nSPS) is 14.7. The van der Waals surface area contributed by atoms with Gasteiger partial charge in [-0.1, -0.05) is 6.07 Å².